The molecule has 134 valence electrons. The second-order valence-electron chi connectivity index (χ2n) is 6.66. The molecule has 25 heavy (non-hydrogen) atoms. The molecule has 0 spiro atoms. The van der Waals surface area contributed by atoms with Gasteiger partial charge < -0.3 is 9.64 Å². The smallest absolute Gasteiger partial charge is 0.338 e. The molecule has 1 amide bonds. The second kappa shape index (κ2) is 7.59. The molecule has 0 aliphatic carbocycles. The molecule has 2 aromatic rings. The number of esters is 1. The fourth-order valence-corrected chi connectivity index (χ4v) is 2.82. The number of hydrogen-bond acceptors (Lipinski definition) is 5. The second-order valence-corrected chi connectivity index (χ2v) is 6.66. The van der Waals surface area contributed by atoms with Crippen molar-refractivity contribution < 1.29 is 14.3 Å². The third kappa shape index (κ3) is 4.32. The zero-order valence-corrected chi connectivity index (χ0v) is 15.7. The molecular formula is C19H25N3O3. The number of amides is 1. The zero-order valence-electron chi connectivity index (χ0n) is 15.7. The lowest BCUT2D eigenvalue weighted by atomic mass is 10.2. The van der Waals surface area contributed by atoms with Crippen molar-refractivity contribution in [3.05, 3.63) is 35.2 Å². The lowest BCUT2D eigenvalue weighted by Crippen LogP contribution is -2.44. The van der Waals surface area contributed by atoms with Crippen molar-refractivity contribution in [2.75, 3.05) is 6.61 Å². The van der Waals surface area contributed by atoms with Gasteiger partial charge in [0.1, 0.15) is 0 Å². The predicted octanol–water partition coefficient (Wildman–Crippen LogP) is 3.05. The maximum atomic E-state index is 12.3. The summed E-state index contributed by atoms with van der Waals surface area (Å²) in [5.41, 5.74) is 3.39. The van der Waals surface area contributed by atoms with Crippen molar-refractivity contribution >= 4 is 22.9 Å². The van der Waals surface area contributed by atoms with Crippen molar-refractivity contribution in [3.8, 4) is 0 Å². The number of aryl methyl sites for hydroxylation is 2. The fourth-order valence-electron chi connectivity index (χ4n) is 2.82. The number of fused-ring (bicyclic) bond motifs is 1. The van der Waals surface area contributed by atoms with Crippen LogP contribution in [0.3, 0.4) is 0 Å². The van der Waals surface area contributed by atoms with Crippen LogP contribution in [0, 0.1) is 13.8 Å². The van der Waals surface area contributed by atoms with Gasteiger partial charge in [0.2, 0.25) is 0 Å². The maximum Gasteiger partial charge on any atom is 0.338 e. The Balaban J connectivity index is 2.12. The van der Waals surface area contributed by atoms with Gasteiger partial charge in [0.15, 0.2) is 6.61 Å². The quantitative estimate of drug-likeness (QED) is 0.780. The molecule has 0 aliphatic rings. The molecule has 1 aromatic carbocycles. The van der Waals surface area contributed by atoms with Crippen LogP contribution in [-0.2, 0) is 9.53 Å². The van der Waals surface area contributed by atoms with Crippen LogP contribution >= 0.6 is 0 Å². The van der Waals surface area contributed by atoms with Crippen LogP contribution in [0.25, 0.3) is 11.0 Å². The molecule has 0 saturated carbocycles. The first-order valence-corrected chi connectivity index (χ1v) is 8.44. The first kappa shape index (κ1) is 18.8. The van der Waals surface area contributed by atoms with E-state index < -0.39 is 5.97 Å². The molecule has 0 fully saturated rings. The van der Waals surface area contributed by atoms with Gasteiger partial charge >= 0.3 is 5.97 Å². The molecule has 0 bridgehead atoms. The van der Waals surface area contributed by atoms with Crippen LogP contribution in [-0.4, -0.2) is 45.4 Å². The van der Waals surface area contributed by atoms with Gasteiger partial charge in [0.25, 0.3) is 5.91 Å². The summed E-state index contributed by atoms with van der Waals surface area (Å²) in [5, 5.41) is 0. The van der Waals surface area contributed by atoms with Crippen LogP contribution in [0.15, 0.2) is 18.2 Å². The molecule has 1 aromatic heterocycles. The molecule has 0 atom stereocenters. The fraction of sp³-hybridized carbons (Fsp3) is 0.474. The van der Waals surface area contributed by atoms with Crippen LogP contribution < -0.4 is 0 Å². The summed E-state index contributed by atoms with van der Waals surface area (Å²) >= 11 is 0. The van der Waals surface area contributed by atoms with Crippen LogP contribution in [0.1, 0.15) is 49.4 Å². The normalized spacial score (nSPS) is 11.2. The van der Waals surface area contributed by atoms with Crippen LogP contribution in [0.4, 0.5) is 0 Å². The Hall–Kier alpha value is -2.50. The summed E-state index contributed by atoms with van der Waals surface area (Å²) in [7, 11) is 0. The molecule has 0 unspecified atom stereocenters. The molecule has 0 radical (unpaired) electrons. The Morgan fingerprint density at radius 1 is 1.00 bits per heavy atom. The van der Waals surface area contributed by atoms with E-state index in [1.54, 1.807) is 23.1 Å². The number of benzene rings is 1. The summed E-state index contributed by atoms with van der Waals surface area (Å²) < 4.78 is 5.20. The summed E-state index contributed by atoms with van der Waals surface area (Å²) in [5.74, 6) is -0.742. The lowest BCUT2D eigenvalue weighted by molar-refractivity contribution is -0.138. The van der Waals surface area contributed by atoms with E-state index in [-0.39, 0.29) is 24.6 Å². The van der Waals surface area contributed by atoms with E-state index in [1.165, 1.54) is 0 Å². The highest BCUT2D eigenvalue weighted by Crippen LogP contribution is 2.15. The number of hydrogen-bond donors (Lipinski definition) is 0. The van der Waals surface area contributed by atoms with Crippen molar-refractivity contribution in [2.45, 2.75) is 53.6 Å². The molecule has 6 heteroatoms. The topological polar surface area (TPSA) is 72.4 Å². The van der Waals surface area contributed by atoms with E-state index in [4.69, 9.17) is 4.74 Å². The Bertz CT molecular complexity index is 792. The van der Waals surface area contributed by atoms with Crippen molar-refractivity contribution in [1.29, 1.82) is 0 Å². The highest BCUT2D eigenvalue weighted by atomic mass is 16.5. The molecule has 0 saturated heterocycles. The van der Waals surface area contributed by atoms with Crippen molar-refractivity contribution in [2.24, 2.45) is 0 Å². The standard InChI is InChI=1S/C19H25N3O3/c1-11(2)22(12(3)4)18(23)10-25-19(24)15-7-8-16-17(9-15)21-14(6)13(5)20-16/h7-9,11-12H,10H2,1-6H3. The highest BCUT2D eigenvalue weighted by molar-refractivity contribution is 5.94. The third-order valence-electron chi connectivity index (χ3n) is 4.04. The Labute approximate surface area is 148 Å². The van der Waals surface area contributed by atoms with Crippen LogP contribution in [0.2, 0.25) is 0 Å². The van der Waals surface area contributed by atoms with Gasteiger partial charge in [-0.25, -0.2) is 14.8 Å². The van der Waals surface area contributed by atoms with Gasteiger partial charge in [0.05, 0.1) is 28.0 Å². The maximum absolute atomic E-state index is 12.3. The van der Waals surface area contributed by atoms with Gasteiger partial charge in [-0.15, -0.1) is 0 Å². The van der Waals surface area contributed by atoms with Gasteiger partial charge in [-0.1, -0.05) is 0 Å². The van der Waals surface area contributed by atoms with E-state index in [9.17, 15) is 9.59 Å². The first-order valence-electron chi connectivity index (χ1n) is 8.44. The van der Waals surface area contributed by atoms with Crippen molar-refractivity contribution in [3.63, 3.8) is 0 Å². The molecule has 0 aliphatic heterocycles. The lowest BCUT2D eigenvalue weighted by Gasteiger charge is -2.30. The summed E-state index contributed by atoms with van der Waals surface area (Å²) in [6, 6.07) is 5.12. The van der Waals surface area contributed by atoms with Gasteiger partial charge in [0, 0.05) is 12.1 Å². The number of rotatable bonds is 5. The number of carbonyl (C=O) groups is 2. The van der Waals surface area contributed by atoms with Gasteiger partial charge in [-0.2, -0.15) is 0 Å². The predicted molar refractivity (Wildman–Crippen MR) is 96.4 cm³/mol. The minimum Gasteiger partial charge on any atom is -0.452 e. The minimum atomic E-state index is -0.539. The van der Waals surface area contributed by atoms with E-state index in [1.807, 2.05) is 41.5 Å². The number of aromatic nitrogens is 2. The first-order chi connectivity index (χ1) is 11.7. The highest BCUT2D eigenvalue weighted by Gasteiger charge is 2.21. The van der Waals surface area contributed by atoms with E-state index in [2.05, 4.69) is 9.97 Å². The molecule has 6 nitrogen and oxygen atoms in total. The Morgan fingerprint density at radius 2 is 1.56 bits per heavy atom. The summed E-state index contributed by atoms with van der Waals surface area (Å²) in [4.78, 5) is 35.1. The van der Waals surface area contributed by atoms with E-state index >= 15 is 0 Å². The van der Waals surface area contributed by atoms with Crippen molar-refractivity contribution in [1.82, 2.24) is 14.9 Å². The average Bonchev–Trinajstić information content (AvgIpc) is 2.52. The number of ether oxygens (including phenoxy) is 1. The monoisotopic (exact) mass is 343 g/mol. The van der Waals surface area contributed by atoms with Gasteiger partial charge in [-0.05, 0) is 59.7 Å². The van der Waals surface area contributed by atoms with Crippen LogP contribution in [0.5, 0.6) is 0 Å². The van der Waals surface area contributed by atoms with E-state index in [0.717, 1.165) is 16.9 Å². The Kier molecular flexibility index (Phi) is 5.72. The largest absolute Gasteiger partial charge is 0.452 e. The molecule has 0 N–H and O–H groups in total. The minimum absolute atomic E-state index is 0.0494. The summed E-state index contributed by atoms with van der Waals surface area (Å²) in [6.45, 7) is 11.2. The van der Waals surface area contributed by atoms with E-state index in [0.29, 0.717) is 11.1 Å². The van der Waals surface area contributed by atoms with Gasteiger partial charge in [-0.3, -0.25) is 4.79 Å². The Morgan fingerprint density at radius 3 is 2.12 bits per heavy atom. The molecular weight excluding hydrogens is 318 g/mol. The third-order valence-corrected chi connectivity index (χ3v) is 4.04. The zero-order chi connectivity index (χ0) is 18.7. The SMILES string of the molecule is Cc1nc2ccc(C(=O)OCC(=O)N(C(C)C)C(C)C)cc2nc1C. The summed E-state index contributed by atoms with van der Waals surface area (Å²) in [6.07, 6.45) is 0. The number of carbonyl (C=O) groups excluding carboxylic acids is 2. The molecule has 1 heterocycles. The number of nitrogens with zero attached hydrogens (tertiary/aromatic N) is 3. The molecule has 2 rings (SSSR count). The average molecular weight is 343 g/mol.